The van der Waals surface area contributed by atoms with Crippen LogP contribution in [0.25, 0.3) is 0 Å². The topological polar surface area (TPSA) is 6.48 Å². The van der Waals surface area contributed by atoms with E-state index in [9.17, 15) is 0 Å². The van der Waals surface area contributed by atoms with E-state index >= 15 is 0 Å². The van der Waals surface area contributed by atoms with Crippen molar-refractivity contribution in [3.05, 3.63) is 12.7 Å². The molecule has 2 nitrogen and oxygen atoms in total. The van der Waals surface area contributed by atoms with Crippen molar-refractivity contribution in [1.29, 1.82) is 0 Å². The molecule has 0 aliphatic carbocycles. The largest absolute Gasteiger partial charge is 0.306 e. The maximum atomic E-state index is 3.36. The Bertz CT molecular complexity index is 165. The van der Waals surface area contributed by atoms with Crippen LogP contribution in [0, 0.1) is 0 Å². The first kappa shape index (κ1) is 12.7. The van der Waals surface area contributed by atoms with E-state index in [-0.39, 0.29) is 0 Å². The third kappa shape index (κ3) is 4.35. The first-order chi connectivity index (χ1) is 7.27. The summed E-state index contributed by atoms with van der Waals surface area (Å²) in [6, 6.07) is 0.920. The molecule has 88 valence electrons. The molecule has 0 N–H and O–H groups in total. The number of hydrogen-bond acceptors (Lipinski definition) is 2. The lowest BCUT2D eigenvalue weighted by Gasteiger charge is -2.34. The molecule has 0 spiro atoms. The summed E-state index contributed by atoms with van der Waals surface area (Å²) in [7, 11) is 2.24. The van der Waals surface area contributed by atoms with Crippen LogP contribution in [0.5, 0.6) is 0 Å². The first-order valence-electron chi connectivity index (χ1n) is 6.27. The SMILES string of the molecule is C=CC.CN1CCC(N2CCCC2)CC1. The van der Waals surface area contributed by atoms with E-state index < -0.39 is 0 Å². The van der Waals surface area contributed by atoms with Crippen molar-refractivity contribution >= 4 is 0 Å². The summed E-state index contributed by atoms with van der Waals surface area (Å²) in [6.07, 6.45) is 7.42. The summed E-state index contributed by atoms with van der Waals surface area (Å²) in [5, 5.41) is 0. The van der Waals surface area contributed by atoms with Crippen LogP contribution >= 0.6 is 0 Å². The van der Waals surface area contributed by atoms with Gasteiger partial charge in [-0.2, -0.15) is 0 Å². The standard InChI is InChI=1S/C10H20N2.C3H6/c1-11-8-4-10(5-9-11)12-6-2-3-7-12;1-3-2/h10H,2-9H2,1H3;3H,1H2,2H3. The average molecular weight is 210 g/mol. The zero-order chi connectivity index (χ0) is 11.1. The van der Waals surface area contributed by atoms with E-state index in [0.717, 1.165) is 6.04 Å². The van der Waals surface area contributed by atoms with Gasteiger partial charge in [-0.3, -0.25) is 0 Å². The Morgan fingerprint density at radius 2 is 1.53 bits per heavy atom. The second-order valence-corrected chi connectivity index (χ2v) is 4.69. The summed E-state index contributed by atoms with van der Waals surface area (Å²) in [5.41, 5.74) is 0. The van der Waals surface area contributed by atoms with Crippen LogP contribution in [0.15, 0.2) is 12.7 Å². The van der Waals surface area contributed by atoms with E-state index in [1.54, 1.807) is 6.08 Å². The third-order valence-electron chi connectivity index (χ3n) is 3.35. The molecule has 2 aliphatic heterocycles. The predicted octanol–water partition coefficient (Wildman–Crippen LogP) is 2.37. The lowest BCUT2D eigenvalue weighted by Crippen LogP contribution is -2.42. The number of allylic oxidation sites excluding steroid dienone is 1. The summed E-state index contributed by atoms with van der Waals surface area (Å²) < 4.78 is 0. The molecule has 2 fully saturated rings. The van der Waals surface area contributed by atoms with Crippen molar-refractivity contribution in [2.45, 2.75) is 38.6 Å². The minimum absolute atomic E-state index is 0.920. The van der Waals surface area contributed by atoms with Gasteiger partial charge in [-0.25, -0.2) is 0 Å². The zero-order valence-electron chi connectivity index (χ0n) is 10.4. The molecule has 2 rings (SSSR count). The van der Waals surface area contributed by atoms with Crippen LogP contribution in [0.4, 0.5) is 0 Å². The molecule has 2 heterocycles. The Labute approximate surface area is 94.9 Å². The van der Waals surface area contributed by atoms with E-state index in [2.05, 4.69) is 23.4 Å². The van der Waals surface area contributed by atoms with Crippen LogP contribution in [-0.4, -0.2) is 49.1 Å². The van der Waals surface area contributed by atoms with Crippen molar-refractivity contribution in [3.8, 4) is 0 Å². The van der Waals surface area contributed by atoms with E-state index in [1.807, 2.05) is 6.92 Å². The second-order valence-electron chi connectivity index (χ2n) is 4.69. The van der Waals surface area contributed by atoms with Crippen molar-refractivity contribution in [1.82, 2.24) is 9.80 Å². The smallest absolute Gasteiger partial charge is 0.0120 e. The molecule has 2 heteroatoms. The van der Waals surface area contributed by atoms with Gasteiger partial charge in [0, 0.05) is 6.04 Å². The molecule has 0 aromatic rings. The van der Waals surface area contributed by atoms with Gasteiger partial charge >= 0.3 is 0 Å². The highest BCUT2D eigenvalue weighted by Crippen LogP contribution is 2.19. The Balaban J connectivity index is 0.000000337. The third-order valence-corrected chi connectivity index (χ3v) is 3.35. The van der Waals surface area contributed by atoms with E-state index in [1.165, 1.54) is 51.9 Å². The highest BCUT2D eigenvalue weighted by atomic mass is 15.2. The molecule has 0 atom stereocenters. The fraction of sp³-hybridized carbons (Fsp3) is 0.846. The van der Waals surface area contributed by atoms with Gasteiger partial charge in [-0.15, -0.1) is 6.58 Å². The fourth-order valence-electron chi connectivity index (χ4n) is 2.47. The maximum absolute atomic E-state index is 3.36. The van der Waals surface area contributed by atoms with Gasteiger partial charge in [-0.1, -0.05) is 6.08 Å². The predicted molar refractivity (Wildman–Crippen MR) is 67.2 cm³/mol. The lowest BCUT2D eigenvalue weighted by molar-refractivity contribution is 0.143. The van der Waals surface area contributed by atoms with Crippen molar-refractivity contribution in [2.24, 2.45) is 0 Å². The van der Waals surface area contributed by atoms with Crippen LogP contribution < -0.4 is 0 Å². The van der Waals surface area contributed by atoms with Crippen molar-refractivity contribution in [3.63, 3.8) is 0 Å². The zero-order valence-corrected chi connectivity index (χ0v) is 10.4. The van der Waals surface area contributed by atoms with Crippen LogP contribution in [0.3, 0.4) is 0 Å². The van der Waals surface area contributed by atoms with Gasteiger partial charge in [-0.05, 0) is 65.8 Å². The van der Waals surface area contributed by atoms with Crippen molar-refractivity contribution in [2.75, 3.05) is 33.2 Å². The highest BCUT2D eigenvalue weighted by Gasteiger charge is 2.24. The van der Waals surface area contributed by atoms with Gasteiger partial charge in [0.15, 0.2) is 0 Å². The number of hydrogen-bond donors (Lipinski definition) is 0. The number of rotatable bonds is 1. The van der Waals surface area contributed by atoms with Gasteiger partial charge in [0.25, 0.3) is 0 Å². The molecular formula is C13H26N2. The first-order valence-corrected chi connectivity index (χ1v) is 6.27. The normalized spacial score (nSPS) is 24.7. The Hall–Kier alpha value is -0.340. The van der Waals surface area contributed by atoms with Crippen LogP contribution in [-0.2, 0) is 0 Å². The van der Waals surface area contributed by atoms with Gasteiger partial charge in [0.1, 0.15) is 0 Å². The average Bonchev–Trinajstić information content (AvgIpc) is 2.73. The van der Waals surface area contributed by atoms with Crippen LogP contribution in [0.1, 0.15) is 32.6 Å². The second kappa shape index (κ2) is 7.02. The fourth-order valence-corrected chi connectivity index (χ4v) is 2.47. The quantitative estimate of drug-likeness (QED) is 0.613. The molecule has 0 saturated carbocycles. The Morgan fingerprint density at radius 3 is 2.00 bits per heavy atom. The van der Waals surface area contributed by atoms with E-state index in [4.69, 9.17) is 0 Å². The number of nitrogens with zero attached hydrogens (tertiary/aromatic N) is 2. The van der Waals surface area contributed by atoms with Crippen LogP contribution in [0.2, 0.25) is 0 Å². The molecule has 2 saturated heterocycles. The number of piperidine rings is 1. The minimum Gasteiger partial charge on any atom is -0.306 e. The Kier molecular flexibility index (Phi) is 5.96. The number of likely N-dealkylation sites (tertiary alicyclic amines) is 2. The monoisotopic (exact) mass is 210 g/mol. The van der Waals surface area contributed by atoms with Crippen molar-refractivity contribution < 1.29 is 0 Å². The summed E-state index contributed by atoms with van der Waals surface area (Å²) in [4.78, 5) is 5.15. The molecule has 15 heavy (non-hydrogen) atoms. The van der Waals surface area contributed by atoms with Gasteiger partial charge < -0.3 is 9.80 Å². The van der Waals surface area contributed by atoms with Gasteiger partial charge in [0.05, 0.1) is 0 Å². The molecule has 0 amide bonds. The summed E-state index contributed by atoms with van der Waals surface area (Å²) >= 11 is 0. The molecule has 0 radical (unpaired) electrons. The molecule has 0 aromatic heterocycles. The molecule has 0 bridgehead atoms. The molecular weight excluding hydrogens is 184 g/mol. The molecule has 0 unspecified atom stereocenters. The maximum Gasteiger partial charge on any atom is 0.0120 e. The molecule has 2 aliphatic rings. The summed E-state index contributed by atoms with van der Waals surface area (Å²) in [5.74, 6) is 0. The summed E-state index contributed by atoms with van der Waals surface area (Å²) in [6.45, 7) is 10.6. The highest BCUT2D eigenvalue weighted by molar-refractivity contribution is 4.81. The minimum atomic E-state index is 0.920. The van der Waals surface area contributed by atoms with E-state index in [0.29, 0.717) is 0 Å². The van der Waals surface area contributed by atoms with Gasteiger partial charge in [0.2, 0.25) is 0 Å². The lowest BCUT2D eigenvalue weighted by atomic mass is 10.0. The Morgan fingerprint density at radius 1 is 1.07 bits per heavy atom. The molecule has 0 aromatic carbocycles.